The average molecular weight is 1270 g/mol. The topological polar surface area (TPSA) is 354 Å². The van der Waals surface area contributed by atoms with Crippen LogP contribution in [-0.4, -0.2) is 85.8 Å². The second-order valence-electron chi connectivity index (χ2n) is 21.5. The van der Waals surface area contributed by atoms with E-state index in [4.69, 9.17) is 16.1 Å². The molecule has 4 aliphatic carbocycles. The Bertz CT molecular complexity index is 3930. The van der Waals surface area contributed by atoms with Crippen LogP contribution in [0.4, 0.5) is 29.0 Å². The molecule has 8 aromatic heterocycles. The summed E-state index contributed by atoms with van der Waals surface area (Å²) >= 11 is 2.25. The molecule has 16 rings (SSSR count). The Morgan fingerprint density at radius 2 is 0.826 bits per heavy atom. The van der Waals surface area contributed by atoms with E-state index < -0.39 is 27.6 Å². The summed E-state index contributed by atoms with van der Waals surface area (Å²) in [5.74, 6) is 1.53. The number of halogens is 1. The molecule has 8 aromatic rings. The van der Waals surface area contributed by atoms with Crippen molar-refractivity contribution < 1.29 is 68.9 Å². The molecule has 0 aromatic carbocycles. The van der Waals surface area contributed by atoms with Gasteiger partial charge in [-0.1, -0.05) is 31.7 Å². The SMILES string of the molecule is C.CC#N.CC(=O)c1cnc2c(c1)C[C@@]1(C2)C(=O)Nc2ncccc21.Nc1cnc2c(c1)C[C@@]1(C2)C(=O)Nc2ncccc21.O=C(O)c1cnc2c(c1)C[C@@]1(C2)C(=O)Nc2ncccc21.O=C1Nc2ncccc2[C@@]12Cc1cc(I)cnc1C2.[Na+].[OH-]. The van der Waals surface area contributed by atoms with E-state index in [-0.39, 0.29) is 77.4 Å². The first-order chi connectivity index (χ1) is 40.0. The minimum absolute atomic E-state index is 0. The fraction of sp³-hybridized carbons (Fsp3) is 0.242. The van der Waals surface area contributed by atoms with Crippen LogP contribution in [-0.2, 0) is 92.2 Å². The first kappa shape index (κ1) is 61.8. The number of aromatic nitrogens is 8. The van der Waals surface area contributed by atoms with Gasteiger partial charge in [-0.15, -0.1) is 0 Å². The van der Waals surface area contributed by atoms with Gasteiger partial charge in [0.15, 0.2) is 5.78 Å². The monoisotopic (exact) mass is 1270 g/mol. The number of fused-ring (bicyclic) bond motifs is 12. The van der Waals surface area contributed by atoms with E-state index in [1.54, 1.807) is 55.4 Å². The molecule has 24 heteroatoms. The largest absolute Gasteiger partial charge is 1.00 e. The molecule has 4 amide bonds. The molecular weight excluding hydrogens is 1220 g/mol. The summed E-state index contributed by atoms with van der Waals surface area (Å²) in [6.07, 6.45) is 17.9. The number of nitrogen functional groups attached to an aromatic ring is 1. The third kappa shape index (κ3) is 10.4. The van der Waals surface area contributed by atoms with Gasteiger partial charge in [0.25, 0.3) is 0 Å². The Morgan fingerprint density at radius 1 is 0.523 bits per heavy atom. The number of hydrogen-bond donors (Lipinski definition) is 6. The Morgan fingerprint density at radius 3 is 1.17 bits per heavy atom. The molecule has 0 saturated carbocycles. The molecule has 12 heterocycles. The van der Waals surface area contributed by atoms with Gasteiger partial charge in [-0.25, -0.2) is 24.7 Å². The zero-order valence-corrected chi connectivity index (χ0v) is 50.2. The van der Waals surface area contributed by atoms with E-state index in [1.807, 2.05) is 60.8 Å². The summed E-state index contributed by atoms with van der Waals surface area (Å²) in [6.45, 7) is 2.95. The molecule has 0 saturated heterocycles. The summed E-state index contributed by atoms with van der Waals surface area (Å²) in [5.41, 5.74) is 16.3. The summed E-state index contributed by atoms with van der Waals surface area (Å²) in [5, 5.41) is 27.8. The van der Waals surface area contributed by atoms with Gasteiger partial charge in [-0.3, -0.25) is 43.9 Å². The smallest absolute Gasteiger partial charge is 0.870 e. The molecule has 8 N–H and O–H groups in total. The van der Waals surface area contributed by atoms with Crippen molar-refractivity contribution in [3.63, 3.8) is 0 Å². The number of carboxylic acid groups (broad SMARTS) is 1. The minimum Gasteiger partial charge on any atom is -0.870 e. The van der Waals surface area contributed by atoms with Crippen molar-refractivity contribution >= 4 is 86.9 Å². The van der Waals surface area contributed by atoms with Gasteiger partial charge in [-0.05, 0) is 126 Å². The minimum atomic E-state index is -1.01. The number of aromatic carboxylic acids is 1. The van der Waals surface area contributed by atoms with Crippen LogP contribution in [0.5, 0.6) is 0 Å². The maximum atomic E-state index is 12.5. The van der Waals surface area contributed by atoms with Crippen LogP contribution in [0.1, 0.15) is 109 Å². The molecule has 4 aliphatic heterocycles. The van der Waals surface area contributed by atoms with E-state index in [1.165, 1.54) is 25.6 Å². The number of nitrogens with two attached hydrogens (primary N) is 1. The van der Waals surface area contributed by atoms with Gasteiger partial charge in [0, 0.05) is 130 Å². The molecular formula is C62H54IN14NaO8. The number of hydrogen-bond acceptors (Lipinski definition) is 17. The third-order valence-electron chi connectivity index (χ3n) is 16.7. The van der Waals surface area contributed by atoms with Crippen molar-refractivity contribution in [2.24, 2.45) is 0 Å². The fourth-order valence-electron chi connectivity index (χ4n) is 12.8. The quantitative estimate of drug-likeness (QED) is 0.0811. The van der Waals surface area contributed by atoms with Crippen LogP contribution in [0.15, 0.2) is 122 Å². The number of nitriles is 1. The number of carbonyl (C=O) groups excluding carboxylic acids is 5. The molecule has 0 fully saturated rings. The summed E-state index contributed by atoms with van der Waals surface area (Å²) < 4.78 is 1.11. The van der Waals surface area contributed by atoms with Gasteiger partial charge >= 0.3 is 35.5 Å². The second kappa shape index (κ2) is 23.9. The Balaban J connectivity index is 0.000000133. The summed E-state index contributed by atoms with van der Waals surface area (Å²) in [6, 6.07) is 24.5. The standard InChI is InChI=1S/C16H13N3O2.C15H11N3O3.C14H10IN3O.C14H12N4O.C2H3N.CH4.Na.H2O/c1-9(20)11-5-10-6-16(7-13(10)18-8-11)12-3-2-4-17-14(12)19-15(16)21;19-13(20)9-4-8-5-15(6-11(8)17-7-9)10-2-1-3-16-12(10)18-14(15)21;2*15-9-4-8-5-14(6-11(8)17-7-9)10-2-1-3-16-12(10)18-13(14)19;1-2-3;;;/h2-5,8H,6-7H2,1H3,(H,17,19,21);1-4,7H,5-6H2,(H,19,20)(H,16,18,21);1-4,7H,5-6H2,(H,16,18,19);1-4,7H,5-6,15H2,(H,16,18,19);1H3;1H4;;1H2/q;;;;;;+1;/p-1/t16-;15-;2*14-;;;;/m0000..../s1. The van der Waals surface area contributed by atoms with Crippen LogP contribution < -0.4 is 56.6 Å². The summed E-state index contributed by atoms with van der Waals surface area (Å²) in [4.78, 5) is 107. The predicted molar refractivity (Wildman–Crippen MR) is 319 cm³/mol. The van der Waals surface area contributed by atoms with Gasteiger partial charge in [0.05, 0.1) is 45.2 Å². The molecule has 4 atom stereocenters. The molecule has 86 heavy (non-hydrogen) atoms. The van der Waals surface area contributed by atoms with Crippen molar-refractivity contribution in [1.82, 2.24) is 39.9 Å². The number of rotatable bonds is 2. The number of amides is 4. The molecule has 22 nitrogen and oxygen atoms in total. The fourth-order valence-corrected chi connectivity index (χ4v) is 13.3. The van der Waals surface area contributed by atoms with Crippen LogP contribution in [0.3, 0.4) is 0 Å². The Hall–Kier alpha value is -8.80. The van der Waals surface area contributed by atoms with Crippen molar-refractivity contribution in [3.05, 3.63) is 204 Å². The Kier molecular flexibility index (Phi) is 17.2. The predicted octanol–water partition coefficient (Wildman–Crippen LogP) is 3.94. The van der Waals surface area contributed by atoms with Crippen molar-refractivity contribution in [3.8, 4) is 6.07 Å². The number of nitrogens with one attached hydrogen (secondary N) is 4. The normalized spacial score (nSPS) is 21.1. The molecule has 0 unspecified atom stereocenters. The maximum Gasteiger partial charge on any atom is 1.00 e. The van der Waals surface area contributed by atoms with Gasteiger partial charge in [0.2, 0.25) is 23.6 Å². The first-order valence-corrected chi connectivity index (χ1v) is 27.5. The molecule has 0 radical (unpaired) electrons. The molecule has 0 bridgehead atoms. The van der Waals surface area contributed by atoms with Gasteiger partial charge in [-0.2, -0.15) is 5.26 Å². The van der Waals surface area contributed by atoms with E-state index in [9.17, 15) is 28.8 Å². The van der Waals surface area contributed by atoms with Crippen molar-refractivity contribution in [2.75, 3.05) is 27.0 Å². The van der Waals surface area contributed by atoms with E-state index in [0.717, 1.165) is 71.7 Å². The van der Waals surface area contributed by atoms with E-state index >= 15 is 0 Å². The van der Waals surface area contributed by atoms with Crippen LogP contribution >= 0.6 is 22.6 Å². The van der Waals surface area contributed by atoms with E-state index in [0.29, 0.717) is 79.5 Å². The molecule has 8 aliphatic rings. The second-order valence-corrected chi connectivity index (χ2v) is 22.8. The van der Waals surface area contributed by atoms with Gasteiger partial charge in [0.1, 0.15) is 23.3 Å². The van der Waals surface area contributed by atoms with Crippen LogP contribution in [0.25, 0.3) is 0 Å². The number of carbonyl (C=O) groups is 6. The maximum absolute atomic E-state index is 12.5. The molecule has 428 valence electrons. The number of anilines is 5. The zero-order chi connectivity index (χ0) is 58.0. The van der Waals surface area contributed by atoms with E-state index in [2.05, 4.69) is 89.8 Å². The Labute approximate surface area is 528 Å². The van der Waals surface area contributed by atoms with Crippen molar-refractivity contribution in [2.45, 2.75) is 94.3 Å². The number of Topliss-reactive ketones (excluding diaryl/α,β-unsaturated/α-hetero) is 1. The van der Waals surface area contributed by atoms with Crippen LogP contribution in [0.2, 0.25) is 0 Å². The number of pyridine rings is 8. The summed E-state index contributed by atoms with van der Waals surface area (Å²) in [7, 11) is 0. The third-order valence-corrected chi connectivity index (χ3v) is 17.3. The first-order valence-electron chi connectivity index (χ1n) is 26.4. The van der Waals surface area contributed by atoms with Crippen molar-refractivity contribution in [1.29, 1.82) is 5.26 Å². The number of nitrogens with zero attached hydrogens (tertiary/aromatic N) is 9. The zero-order valence-electron chi connectivity index (χ0n) is 46.0. The average Bonchev–Trinajstić information content (AvgIpc) is 1.75. The number of ketones is 1. The molecule has 4 spiro atoms. The van der Waals surface area contributed by atoms with Gasteiger partial charge < -0.3 is 37.6 Å². The number of carboxylic acids is 1. The van der Waals surface area contributed by atoms with Crippen LogP contribution in [0, 0.1) is 14.9 Å².